The van der Waals surface area contributed by atoms with E-state index in [1.807, 2.05) is 18.3 Å². The molecular weight excluding hydrogens is 388 g/mol. The van der Waals surface area contributed by atoms with Crippen LogP contribution in [0.4, 0.5) is 0 Å². The monoisotopic (exact) mass is 418 g/mol. The first-order valence-electron chi connectivity index (χ1n) is 11.2. The number of carbonyl (C=O) groups is 1. The summed E-state index contributed by atoms with van der Waals surface area (Å²) < 4.78 is 6.27. The van der Waals surface area contributed by atoms with Crippen LogP contribution >= 0.6 is 0 Å². The van der Waals surface area contributed by atoms with Gasteiger partial charge in [0, 0.05) is 42.8 Å². The molecule has 2 aliphatic rings. The highest BCUT2D eigenvalue weighted by molar-refractivity contribution is 5.88. The fourth-order valence-electron chi connectivity index (χ4n) is 5.62. The van der Waals surface area contributed by atoms with E-state index in [-0.39, 0.29) is 11.6 Å². The van der Waals surface area contributed by atoms with Crippen molar-refractivity contribution in [3.05, 3.63) is 70.4 Å². The van der Waals surface area contributed by atoms with E-state index in [1.165, 1.54) is 33.2 Å². The number of benzene rings is 2. The van der Waals surface area contributed by atoms with Crippen LogP contribution in [0.5, 0.6) is 0 Å². The van der Waals surface area contributed by atoms with E-state index < -0.39 is 5.97 Å². The molecule has 2 N–H and O–H groups in total. The lowest BCUT2D eigenvalue weighted by Crippen LogP contribution is -2.45. The van der Waals surface area contributed by atoms with Gasteiger partial charge < -0.3 is 14.8 Å². The number of H-pyrrole nitrogens is 1. The molecule has 31 heavy (non-hydrogen) atoms. The molecule has 0 saturated carbocycles. The van der Waals surface area contributed by atoms with Crippen molar-refractivity contribution in [2.75, 3.05) is 13.2 Å². The normalized spacial score (nSPS) is 24.3. The minimum absolute atomic E-state index is 0.0294. The average Bonchev–Trinajstić information content (AvgIpc) is 3.42. The molecule has 162 valence electrons. The first-order valence-corrected chi connectivity index (χ1v) is 11.2. The quantitative estimate of drug-likeness (QED) is 0.598. The summed E-state index contributed by atoms with van der Waals surface area (Å²) in [6, 6.07) is 12.1. The third-order valence-electron chi connectivity index (χ3n) is 7.32. The van der Waals surface area contributed by atoms with Crippen LogP contribution in [0.15, 0.2) is 42.6 Å². The fourth-order valence-corrected chi connectivity index (χ4v) is 5.62. The van der Waals surface area contributed by atoms with E-state index in [4.69, 9.17) is 4.74 Å². The Morgan fingerprint density at radius 3 is 2.71 bits per heavy atom. The average molecular weight is 419 g/mol. The van der Waals surface area contributed by atoms with Crippen LogP contribution in [0, 0.1) is 13.8 Å². The topological polar surface area (TPSA) is 65.6 Å². The van der Waals surface area contributed by atoms with E-state index in [2.05, 4.69) is 35.9 Å². The zero-order valence-electron chi connectivity index (χ0n) is 18.3. The Morgan fingerprint density at radius 2 is 2.00 bits per heavy atom. The van der Waals surface area contributed by atoms with E-state index in [9.17, 15) is 9.90 Å². The standard InChI is InChI=1S/C26H30N2O3/c1-17-14-18(2)24-21(8-11-27-24)22(17)16-28-12-10-26(9-3-13-31-26)15-23(28)19-4-6-20(7-5-19)25(29)30/h4-8,11,14,23,27H,3,9-10,12-13,15-16H2,1-2H3,(H,29,30)/t23-,26+/m1/s1. The Bertz CT molecular complexity index is 1110. The third kappa shape index (κ3) is 3.66. The third-order valence-corrected chi connectivity index (χ3v) is 7.32. The summed E-state index contributed by atoms with van der Waals surface area (Å²) >= 11 is 0. The zero-order chi connectivity index (χ0) is 21.6. The van der Waals surface area contributed by atoms with Crippen LogP contribution in [-0.2, 0) is 11.3 Å². The Hall–Kier alpha value is -2.63. The number of hydrogen-bond donors (Lipinski definition) is 2. The minimum Gasteiger partial charge on any atom is -0.478 e. The molecule has 0 bridgehead atoms. The number of carboxylic acid groups (broad SMARTS) is 1. The van der Waals surface area contributed by atoms with Gasteiger partial charge in [0.05, 0.1) is 11.2 Å². The SMILES string of the molecule is Cc1cc(C)c2[nH]ccc2c1CN1CC[C@@]2(CCCO2)C[C@@H]1c1ccc(C(=O)O)cc1. The lowest BCUT2D eigenvalue weighted by molar-refractivity contribution is -0.0675. The molecule has 0 radical (unpaired) electrons. The Labute approximate surface area is 183 Å². The number of nitrogens with one attached hydrogen (secondary N) is 1. The number of ether oxygens (including phenoxy) is 1. The number of likely N-dealkylation sites (tertiary alicyclic amines) is 1. The van der Waals surface area contributed by atoms with Gasteiger partial charge in [-0.2, -0.15) is 0 Å². The number of aryl methyl sites for hydroxylation is 2. The summed E-state index contributed by atoms with van der Waals surface area (Å²) in [7, 11) is 0. The van der Waals surface area contributed by atoms with Crippen LogP contribution in [0.1, 0.15) is 64.3 Å². The van der Waals surface area contributed by atoms with Gasteiger partial charge in [0.1, 0.15) is 0 Å². The Kier molecular flexibility index (Phi) is 5.11. The molecule has 3 heterocycles. The predicted octanol–water partition coefficient (Wildman–Crippen LogP) is 5.37. The highest BCUT2D eigenvalue weighted by Crippen LogP contribution is 2.45. The second kappa shape index (κ2) is 7.81. The van der Waals surface area contributed by atoms with E-state index >= 15 is 0 Å². The van der Waals surface area contributed by atoms with E-state index in [0.717, 1.165) is 45.4 Å². The second-order valence-electron chi connectivity index (χ2n) is 9.26. The Morgan fingerprint density at radius 1 is 1.19 bits per heavy atom. The molecule has 0 aliphatic carbocycles. The van der Waals surface area contributed by atoms with Crippen LogP contribution in [0.25, 0.3) is 10.9 Å². The highest BCUT2D eigenvalue weighted by atomic mass is 16.5. The number of rotatable bonds is 4. The van der Waals surface area contributed by atoms with Crippen LogP contribution in [-0.4, -0.2) is 39.7 Å². The number of carboxylic acids is 1. The maximum Gasteiger partial charge on any atom is 0.335 e. The van der Waals surface area contributed by atoms with Crippen molar-refractivity contribution in [3.8, 4) is 0 Å². The van der Waals surface area contributed by atoms with Crippen LogP contribution in [0.2, 0.25) is 0 Å². The molecule has 2 fully saturated rings. The van der Waals surface area contributed by atoms with Gasteiger partial charge in [-0.1, -0.05) is 18.2 Å². The number of aromatic amines is 1. The molecule has 2 aromatic carbocycles. The number of aromatic nitrogens is 1. The van der Waals surface area contributed by atoms with Crippen LogP contribution in [0.3, 0.4) is 0 Å². The minimum atomic E-state index is -0.882. The Balaban J connectivity index is 1.50. The lowest BCUT2D eigenvalue weighted by Gasteiger charge is -2.45. The molecule has 2 atom stereocenters. The van der Waals surface area contributed by atoms with Gasteiger partial charge in [-0.05, 0) is 80.0 Å². The summed E-state index contributed by atoms with van der Waals surface area (Å²) in [5, 5.41) is 10.6. The summed E-state index contributed by atoms with van der Waals surface area (Å²) in [5.74, 6) is -0.882. The fraction of sp³-hybridized carbons (Fsp3) is 0.423. The van der Waals surface area contributed by atoms with Crippen molar-refractivity contribution in [2.45, 2.75) is 57.7 Å². The molecule has 1 spiro atoms. The van der Waals surface area contributed by atoms with Gasteiger partial charge in [-0.25, -0.2) is 4.79 Å². The van der Waals surface area contributed by atoms with Gasteiger partial charge in [-0.15, -0.1) is 0 Å². The molecular formula is C26H30N2O3. The molecule has 5 heteroatoms. The molecule has 3 aromatic rings. The number of nitrogens with zero attached hydrogens (tertiary/aromatic N) is 1. The lowest BCUT2D eigenvalue weighted by atomic mass is 9.81. The van der Waals surface area contributed by atoms with Crippen molar-refractivity contribution < 1.29 is 14.6 Å². The van der Waals surface area contributed by atoms with Gasteiger partial charge >= 0.3 is 5.97 Å². The smallest absolute Gasteiger partial charge is 0.335 e. The van der Waals surface area contributed by atoms with Crippen LogP contribution < -0.4 is 0 Å². The first kappa shape index (κ1) is 20.3. The summed E-state index contributed by atoms with van der Waals surface area (Å²) in [6.45, 7) is 7.07. The van der Waals surface area contributed by atoms with Gasteiger partial charge in [-0.3, -0.25) is 4.90 Å². The van der Waals surface area contributed by atoms with Crippen molar-refractivity contribution in [2.24, 2.45) is 0 Å². The zero-order valence-corrected chi connectivity index (χ0v) is 18.3. The van der Waals surface area contributed by atoms with E-state index in [1.54, 1.807) is 12.1 Å². The molecule has 5 rings (SSSR count). The maximum absolute atomic E-state index is 11.3. The van der Waals surface area contributed by atoms with Crippen molar-refractivity contribution in [1.29, 1.82) is 0 Å². The van der Waals surface area contributed by atoms with Crippen molar-refractivity contribution in [1.82, 2.24) is 9.88 Å². The van der Waals surface area contributed by atoms with Gasteiger partial charge in [0.2, 0.25) is 0 Å². The number of fused-ring (bicyclic) bond motifs is 1. The summed E-state index contributed by atoms with van der Waals surface area (Å²) in [6.07, 6.45) is 6.29. The summed E-state index contributed by atoms with van der Waals surface area (Å²) in [5.41, 5.74) is 6.67. The molecule has 2 saturated heterocycles. The van der Waals surface area contributed by atoms with Gasteiger partial charge in [0.25, 0.3) is 0 Å². The largest absolute Gasteiger partial charge is 0.478 e. The van der Waals surface area contributed by atoms with Gasteiger partial charge in [0.15, 0.2) is 0 Å². The highest BCUT2D eigenvalue weighted by Gasteiger charge is 2.43. The van der Waals surface area contributed by atoms with E-state index in [0.29, 0.717) is 5.56 Å². The predicted molar refractivity (Wildman–Crippen MR) is 121 cm³/mol. The molecule has 2 aliphatic heterocycles. The molecule has 5 nitrogen and oxygen atoms in total. The van der Waals surface area contributed by atoms with Crippen molar-refractivity contribution >= 4 is 16.9 Å². The molecule has 1 aromatic heterocycles. The van der Waals surface area contributed by atoms with Crippen molar-refractivity contribution in [3.63, 3.8) is 0 Å². The maximum atomic E-state index is 11.3. The second-order valence-corrected chi connectivity index (χ2v) is 9.26. The first-order chi connectivity index (χ1) is 15.0. The number of aromatic carboxylic acids is 1. The summed E-state index contributed by atoms with van der Waals surface area (Å²) in [4.78, 5) is 17.3. The number of piperidine rings is 1. The molecule has 0 amide bonds. The molecule has 0 unspecified atom stereocenters. The number of hydrogen-bond acceptors (Lipinski definition) is 3.